The number of pyridine rings is 1. The second-order valence-electron chi connectivity index (χ2n) is 6.93. The van der Waals surface area contributed by atoms with Crippen molar-refractivity contribution in [1.82, 2.24) is 19.7 Å². The molecule has 1 aliphatic rings. The monoisotopic (exact) mass is 410 g/mol. The summed E-state index contributed by atoms with van der Waals surface area (Å²) in [6, 6.07) is 20.8. The molecule has 0 amide bonds. The molecule has 0 aliphatic carbocycles. The van der Waals surface area contributed by atoms with Crippen molar-refractivity contribution in [3.63, 3.8) is 0 Å². The minimum Gasteiger partial charge on any atom is -0.457 e. The van der Waals surface area contributed by atoms with E-state index in [1.54, 1.807) is 30.7 Å². The van der Waals surface area contributed by atoms with Gasteiger partial charge >= 0.3 is 0 Å². The lowest BCUT2D eigenvalue weighted by molar-refractivity contribution is 0.0887. The average molecular weight is 410 g/mol. The lowest BCUT2D eigenvalue weighted by Gasteiger charge is -2.14. The molecular weight excluding hydrogens is 392 g/mol. The first-order valence-electron chi connectivity index (χ1n) is 9.77. The standard InChI is InChI=1S/C23H18N6O2/c30-21-20(17-4-2-1-3-5-17)15-26-23-27-22(28-29(21)23)25-14-16-6-8-18(9-7-16)31-19-10-12-24-13-11-19/h1-13,15,20H,14H2,(H,25,28). The number of fused-ring (bicyclic) bond motifs is 1. The topological polar surface area (TPSA) is 94.3 Å². The van der Waals surface area contributed by atoms with E-state index in [0.717, 1.165) is 22.6 Å². The Morgan fingerprint density at radius 2 is 1.68 bits per heavy atom. The Morgan fingerprint density at radius 3 is 2.45 bits per heavy atom. The number of nitrogens with zero attached hydrogens (tertiary/aromatic N) is 5. The fraction of sp³-hybridized carbons (Fsp3) is 0.0870. The van der Waals surface area contributed by atoms with E-state index < -0.39 is 5.92 Å². The third-order valence-corrected chi connectivity index (χ3v) is 4.82. The number of benzene rings is 2. The van der Waals surface area contributed by atoms with Gasteiger partial charge in [0, 0.05) is 25.2 Å². The molecule has 0 spiro atoms. The van der Waals surface area contributed by atoms with Crippen LogP contribution in [-0.2, 0) is 6.54 Å². The van der Waals surface area contributed by atoms with Crippen molar-refractivity contribution < 1.29 is 9.53 Å². The van der Waals surface area contributed by atoms with Crippen LogP contribution in [0.3, 0.4) is 0 Å². The third kappa shape index (κ3) is 4.04. The lowest BCUT2D eigenvalue weighted by atomic mass is 9.99. The van der Waals surface area contributed by atoms with E-state index in [1.807, 2.05) is 54.6 Å². The number of nitrogens with one attached hydrogen (secondary N) is 1. The molecule has 3 heterocycles. The molecule has 1 aliphatic heterocycles. The first kappa shape index (κ1) is 18.7. The Labute approximate surface area is 178 Å². The van der Waals surface area contributed by atoms with E-state index in [4.69, 9.17) is 4.74 Å². The zero-order valence-electron chi connectivity index (χ0n) is 16.4. The van der Waals surface area contributed by atoms with Gasteiger partial charge < -0.3 is 10.1 Å². The zero-order chi connectivity index (χ0) is 21.0. The van der Waals surface area contributed by atoms with Crippen LogP contribution in [0.4, 0.5) is 11.9 Å². The maximum absolute atomic E-state index is 12.8. The van der Waals surface area contributed by atoms with E-state index in [2.05, 4.69) is 25.4 Å². The summed E-state index contributed by atoms with van der Waals surface area (Å²) in [6.07, 6.45) is 4.98. The summed E-state index contributed by atoms with van der Waals surface area (Å²) < 4.78 is 7.02. The number of aliphatic imine (C=N–C) groups is 1. The quantitative estimate of drug-likeness (QED) is 0.512. The predicted octanol–water partition coefficient (Wildman–Crippen LogP) is 4.22. The second-order valence-corrected chi connectivity index (χ2v) is 6.93. The molecule has 0 fully saturated rings. The number of ether oxygens (including phenoxy) is 1. The Morgan fingerprint density at radius 1 is 0.935 bits per heavy atom. The van der Waals surface area contributed by atoms with Crippen molar-refractivity contribution in [3.8, 4) is 11.5 Å². The zero-order valence-corrected chi connectivity index (χ0v) is 16.4. The third-order valence-electron chi connectivity index (χ3n) is 4.82. The van der Waals surface area contributed by atoms with Gasteiger partial charge in [-0.3, -0.25) is 9.78 Å². The van der Waals surface area contributed by atoms with Crippen LogP contribution in [-0.4, -0.2) is 31.9 Å². The average Bonchev–Trinajstić information content (AvgIpc) is 3.24. The number of hydrogen-bond acceptors (Lipinski definition) is 7. The van der Waals surface area contributed by atoms with E-state index >= 15 is 0 Å². The molecule has 2 aromatic heterocycles. The van der Waals surface area contributed by atoms with Crippen LogP contribution in [0.1, 0.15) is 21.8 Å². The molecule has 0 saturated heterocycles. The van der Waals surface area contributed by atoms with Gasteiger partial charge in [-0.1, -0.05) is 42.5 Å². The number of anilines is 1. The van der Waals surface area contributed by atoms with Gasteiger partial charge in [0.15, 0.2) is 0 Å². The van der Waals surface area contributed by atoms with Gasteiger partial charge in [-0.25, -0.2) is 4.99 Å². The molecule has 8 heteroatoms. The summed E-state index contributed by atoms with van der Waals surface area (Å²) in [4.78, 5) is 25.4. The van der Waals surface area contributed by atoms with Crippen molar-refractivity contribution in [2.45, 2.75) is 12.5 Å². The Balaban J connectivity index is 1.24. The summed E-state index contributed by atoms with van der Waals surface area (Å²) in [6.45, 7) is 0.499. The van der Waals surface area contributed by atoms with Crippen molar-refractivity contribution >= 4 is 24.0 Å². The van der Waals surface area contributed by atoms with Crippen LogP contribution in [0.25, 0.3) is 0 Å². The van der Waals surface area contributed by atoms with Crippen LogP contribution >= 0.6 is 0 Å². The number of carbonyl (C=O) groups excluding carboxylic acids is 1. The Kier molecular flexibility index (Phi) is 4.94. The fourth-order valence-electron chi connectivity index (χ4n) is 3.23. The van der Waals surface area contributed by atoms with Crippen LogP contribution in [0.15, 0.2) is 84.1 Å². The Hall–Kier alpha value is -4.33. The SMILES string of the molecule is O=C1C(c2ccccc2)C=Nc2nc(NCc3ccc(Oc4ccncc4)cc3)nn21. The van der Waals surface area contributed by atoms with Crippen molar-refractivity contribution in [2.75, 3.05) is 5.32 Å². The summed E-state index contributed by atoms with van der Waals surface area (Å²) in [5, 5.41) is 7.44. The van der Waals surface area contributed by atoms with Crippen molar-refractivity contribution in [3.05, 3.63) is 90.3 Å². The lowest BCUT2D eigenvalue weighted by Crippen LogP contribution is -2.25. The minimum atomic E-state index is -0.462. The molecule has 31 heavy (non-hydrogen) atoms. The number of aromatic nitrogens is 4. The largest absolute Gasteiger partial charge is 0.457 e. The summed E-state index contributed by atoms with van der Waals surface area (Å²) in [5.41, 5.74) is 1.90. The normalized spacial score (nSPS) is 14.8. The van der Waals surface area contributed by atoms with Crippen molar-refractivity contribution in [1.29, 1.82) is 0 Å². The highest BCUT2D eigenvalue weighted by molar-refractivity contribution is 6.03. The highest BCUT2D eigenvalue weighted by Gasteiger charge is 2.28. The molecular formula is C23H18N6O2. The van der Waals surface area contributed by atoms with Crippen LogP contribution < -0.4 is 10.1 Å². The van der Waals surface area contributed by atoms with Gasteiger partial charge in [0.1, 0.15) is 17.4 Å². The maximum atomic E-state index is 12.8. The van der Waals surface area contributed by atoms with Crippen molar-refractivity contribution in [2.24, 2.45) is 4.99 Å². The van der Waals surface area contributed by atoms with Crippen LogP contribution in [0.5, 0.6) is 11.5 Å². The molecule has 1 atom stereocenters. The number of hydrogen-bond donors (Lipinski definition) is 1. The summed E-state index contributed by atoms with van der Waals surface area (Å²) in [7, 11) is 0. The Bertz CT molecular complexity index is 1220. The molecule has 5 rings (SSSR count). The molecule has 0 saturated carbocycles. The van der Waals surface area contributed by atoms with Gasteiger partial charge in [0.2, 0.25) is 5.95 Å². The predicted molar refractivity (Wildman–Crippen MR) is 116 cm³/mol. The number of carbonyl (C=O) groups is 1. The van der Waals surface area contributed by atoms with Gasteiger partial charge in [0.05, 0.1) is 0 Å². The molecule has 1 N–H and O–H groups in total. The minimum absolute atomic E-state index is 0.172. The molecule has 1 unspecified atom stereocenters. The highest BCUT2D eigenvalue weighted by Crippen LogP contribution is 2.25. The number of rotatable bonds is 6. The molecule has 2 aromatic carbocycles. The van der Waals surface area contributed by atoms with Gasteiger partial charge in [-0.15, -0.1) is 5.10 Å². The second kappa shape index (κ2) is 8.19. The maximum Gasteiger partial charge on any atom is 0.263 e. The molecule has 0 radical (unpaired) electrons. The van der Waals surface area contributed by atoms with Gasteiger partial charge in [-0.2, -0.15) is 9.67 Å². The molecule has 4 aromatic rings. The smallest absolute Gasteiger partial charge is 0.263 e. The molecule has 8 nitrogen and oxygen atoms in total. The van der Waals surface area contributed by atoms with Crippen LogP contribution in [0, 0.1) is 0 Å². The van der Waals surface area contributed by atoms with E-state index in [1.165, 1.54) is 4.68 Å². The van der Waals surface area contributed by atoms with E-state index in [-0.39, 0.29) is 11.9 Å². The van der Waals surface area contributed by atoms with Crippen LogP contribution in [0.2, 0.25) is 0 Å². The summed E-state index contributed by atoms with van der Waals surface area (Å²) in [5.74, 6) is 1.46. The summed E-state index contributed by atoms with van der Waals surface area (Å²) >= 11 is 0. The fourth-order valence-corrected chi connectivity index (χ4v) is 3.23. The molecule has 152 valence electrons. The first-order chi connectivity index (χ1) is 15.3. The first-order valence-corrected chi connectivity index (χ1v) is 9.77. The van der Waals surface area contributed by atoms with E-state index in [0.29, 0.717) is 12.5 Å². The molecule has 0 bridgehead atoms. The van der Waals surface area contributed by atoms with E-state index in [9.17, 15) is 4.79 Å². The van der Waals surface area contributed by atoms with Gasteiger partial charge in [0.25, 0.3) is 11.9 Å². The van der Waals surface area contributed by atoms with Gasteiger partial charge in [-0.05, 0) is 35.4 Å². The highest BCUT2D eigenvalue weighted by atomic mass is 16.5.